The topological polar surface area (TPSA) is 121 Å². The summed E-state index contributed by atoms with van der Waals surface area (Å²) in [6, 6.07) is 0. The minimum atomic E-state index is -1.47. The number of aliphatic carboxylic acids is 1. The molecule has 1 aliphatic rings. The Kier molecular flexibility index (Phi) is 8.14. The molecule has 0 spiro atoms. The Bertz CT molecular complexity index is 612. The predicted molar refractivity (Wildman–Crippen MR) is 83.6 cm³/mol. The van der Waals surface area contributed by atoms with E-state index in [1.54, 1.807) is 19.0 Å². The summed E-state index contributed by atoms with van der Waals surface area (Å²) in [6.07, 6.45) is 2.47. The number of anilines is 1. The molecule has 0 aromatic carbocycles. The Hall–Kier alpha value is -1.16. The second-order valence-corrected chi connectivity index (χ2v) is 6.50. The second kappa shape index (κ2) is 9.36. The van der Waals surface area contributed by atoms with Gasteiger partial charge in [0.05, 0.1) is 5.97 Å². The van der Waals surface area contributed by atoms with Gasteiger partial charge < -0.3 is 25.4 Å². The Morgan fingerprint density at radius 1 is 1.38 bits per heavy atom. The first-order valence-corrected chi connectivity index (χ1v) is 8.14. The second-order valence-electron chi connectivity index (χ2n) is 5.61. The summed E-state index contributed by atoms with van der Waals surface area (Å²) in [5.41, 5.74) is 5.24. The molecule has 2 N–H and O–H groups in total. The molecule has 1 heterocycles. The summed E-state index contributed by atoms with van der Waals surface area (Å²) >= 11 is 1.11. The van der Waals surface area contributed by atoms with Crippen LogP contribution >= 0.6 is 11.3 Å². The molecule has 1 fully saturated rings. The van der Waals surface area contributed by atoms with E-state index in [1.165, 1.54) is 5.38 Å². The van der Waals surface area contributed by atoms with Crippen LogP contribution in [0, 0.1) is 5.92 Å². The van der Waals surface area contributed by atoms with E-state index in [0.29, 0.717) is 25.7 Å². The summed E-state index contributed by atoms with van der Waals surface area (Å²) < 4.78 is 0. The molecule has 0 bridgehead atoms. The molecule has 0 aliphatic heterocycles. The van der Waals surface area contributed by atoms with Gasteiger partial charge in [-0.15, -0.1) is 11.3 Å². The van der Waals surface area contributed by atoms with Crippen molar-refractivity contribution in [1.82, 2.24) is 9.88 Å². The summed E-state index contributed by atoms with van der Waals surface area (Å²) in [6.45, 7) is 0. The molecule has 1 amide bonds. The third-order valence-corrected chi connectivity index (χ3v) is 4.39. The fourth-order valence-corrected chi connectivity index (χ4v) is 3.04. The molecular weight excluding hydrogens is 343 g/mol. The third kappa shape index (κ3) is 5.44. The van der Waals surface area contributed by atoms with Crippen LogP contribution in [0.4, 0.5) is 5.13 Å². The van der Waals surface area contributed by atoms with Crippen molar-refractivity contribution in [2.45, 2.75) is 31.8 Å². The van der Waals surface area contributed by atoms with E-state index in [4.69, 9.17) is 10.6 Å². The molecule has 1 aromatic rings. The average Bonchev–Trinajstić information content (AvgIpc) is 2.93. The van der Waals surface area contributed by atoms with Crippen molar-refractivity contribution >= 4 is 34.1 Å². The van der Waals surface area contributed by atoms with E-state index in [1.807, 2.05) is 0 Å². The number of carbonyl (C=O) groups excluding carboxylic acids is 2. The Morgan fingerprint density at radius 3 is 2.46 bits per heavy atom. The van der Waals surface area contributed by atoms with Crippen LogP contribution in [0.5, 0.6) is 0 Å². The van der Waals surface area contributed by atoms with E-state index < -0.39 is 5.97 Å². The fourth-order valence-electron chi connectivity index (χ4n) is 2.49. The zero-order chi connectivity index (χ0) is 17.0. The van der Waals surface area contributed by atoms with Gasteiger partial charge in [-0.25, -0.2) is 4.98 Å². The van der Waals surface area contributed by atoms with Crippen LogP contribution in [0.3, 0.4) is 0 Å². The van der Waals surface area contributed by atoms with Crippen molar-refractivity contribution in [1.29, 1.82) is 0 Å². The minimum Gasteiger partial charge on any atom is -0.543 e. The van der Waals surface area contributed by atoms with Crippen LogP contribution in [0.1, 0.15) is 31.4 Å². The number of carboxylic acid groups (broad SMARTS) is 1. The summed E-state index contributed by atoms with van der Waals surface area (Å²) in [5, 5.41) is 16.6. The molecule has 1 saturated carbocycles. The van der Waals surface area contributed by atoms with Crippen LogP contribution < -0.4 is 40.4 Å². The summed E-state index contributed by atoms with van der Waals surface area (Å²) in [4.78, 5) is 33.8. The molecule has 126 valence electrons. The van der Waals surface area contributed by atoms with Gasteiger partial charge in [-0.1, -0.05) is 5.16 Å². The van der Waals surface area contributed by atoms with E-state index in [-0.39, 0.29) is 64.0 Å². The van der Waals surface area contributed by atoms with Crippen LogP contribution in [0.2, 0.25) is 0 Å². The maximum atomic E-state index is 11.9. The normalized spacial score (nSPS) is 20.8. The summed E-state index contributed by atoms with van der Waals surface area (Å²) in [7, 11) is 3.47. The standard InChI is InChI=1S/C14H20N4O4S.Na/c1-18(2)12(19)8-3-5-9(6-4-8)22-17-11(13(20)21)10-7-23-14(15)16-10;/h7-9H,3-6H2,1-2H3,(H2,15,16)(H,20,21);/q;+1/p-1/t8-,9-;. The van der Waals surface area contributed by atoms with Gasteiger partial charge in [-0.05, 0) is 25.7 Å². The van der Waals surface area contributed by atoms with Gasteiger partial charge in [-0.2, -0.15) is 0 Å². The van der Waals surface area contributed by atoms with Crippen LogP contribution in [-0.4, -0.2) is 47.7 Å². The van der Waals surface area contributed by atoms with Gasteiger partial charge in [0.2, 0.25) is 5.91 Å². The molecule has 24 heavy (non-hydrogen) atoms. The quantitative estimate of drug-likeness (QED) is 0.335. The van der Waals surface area contributed by atoms with E-state index in [2.05, 4.69) is 10.1 Å². The zero-order valence-corrected chi connectivity index (χ0v) is 16.8. The van der Waals surface area contributed by atoms with Crippen molar-refractivity contribution in [3.63, 3.8) is 0 Å². The minimum absolute atomic E-state index is 0. The van der Waals surface area contributed by atoms with Gasteiger partial charge in [0.1, 0.15) is 11.8 Å². The number of amides is 1. The SMILES string of the molecule is CN(C)C(=O)[C@H]1CC[C@H](ON=C(C(=O)[O-])c2csc(N)n2)CC1.[Na+]. The number of rotatable bonds is 5. The number of carboxylic acids is 1. The largest absolute Gasteiger partial charge is 1.00 e. The van der Waals surface area contributed by atoms with Gasteiger partial charge in [-0.3, -0.25) is 4.79 Å². The number of aromatic nitrogens is 1. The van der Waals surface area contributed by atoms with Crippen molar-refractivity contribution in [2.24, 2.45) is 11.1 Å². The summed E-state index contributed by atoms with van der Waals surface area (Å²) in [5.74, 6) is -1.36. The van der Waals surface area contributed by atoms with Crippen LogP contribution in [0.25, 0.3) is 0 Å². The van der Waals surface area contributed by atoms with Crippen LogP contribution in [-0.2, 0) is 14.4 Å². The van der Waals surface area contributed by atoms with E-state index >= 15 is 0 Å². The Morgan fingerprint density at radius 2 is 2.00 bits per heavy atom. The number of nitrogens with zero attached hydrogens (tertiary/aromatic N) is 3. The number of hydrogen-bond acceptors (Lipinski definition) is 8. The van der Waals surface area contributed by atoms with Gasteiger partial charge in [0.25, 0.3) is 0 Å². The molecule has 1 aromatic heterocycles. The number of nitrogens with two attached hydrogens (primary N) is 1. The average molecular weight is 362 g/mol. The molecular formula is C14H19N4NaO4S. The maximum absolute atomic E-state index is 11.9. The molecule has 0 radical (unpaired) electrons. The monoisotopic (exact) mass is 362 g/mol. The van der Waals surface area contributed by atoms with Crippen molar-refractivity contribution < 1.29 is 49.1 Å². The maximum Gasteiger partial charge on any atom is 1.00 e. The number of carbonyl (C=O) groups is 2. The van der Waals surface area contributed by atoms with Gasteiger partial charge in [0.15, 0.2) is 10.8 Å². The smallest absolute Gasteiger partial charge is 0.543 e. The number of nitrogen functional groups attached to an aromatic ring is 1. The Balaban J connectivity index is 0.00000288. The number of thiazole rings is 1. The molecule has 0 atom stereocenters. The van der Waals surface area contributed by atoms with Gasteiger partial charge >= 0.3 is 29.6 Å². The Labute approximate surface area is 166 Å². The van der Waals surface area contributed by atoms with E-state index in [0.717, 1.165) is 11.3 Å². The van der Waals surface area contributed by atoms with Crippen LogP contribution in [0.15, 0.2) is 10.5 Å². The molecule has 0 saturated heterocycles. The third-order valence-electron chi connectivity index (χ3n) is 3.72. The molecule has 0 unspecified atom stereocenters. The molecule has 1 aliphatic carbocycles. The first-order chi connectivity index (χ1) is 10.9. The van der Waals surface area contributed by atoms with Gasteiger partial charge in [0, 0.05) is 25.4 Å². The molecule has 10 heteroatoms. The predicted octanol–water partition coefficient (Wildman–Crippen LogP) is -3.15. The molecule has 2 rings (SSSR count). The van der Waals surface area contributed by atoms with Crippen molar-refractivity contribution in [3.8, 4) is 0 Å². The van der Waals surface area contributed by atoms with Crippen molar-refractivity contribution in [2.75, 3.05) is 19.8 Å². The van der Waals surface area contributed by atoms with E-state index in [9.17, 15) is 14.7 Å². The first-order valence-electron chi connectivity index (χ1n) is 7.26. The van der Waals surface area contributed by atoms with Crippen molar-refractivity contribution in [3.05, 3.63) is 11.1 Å². The fraction of sp³-hybridized carbons (Fsp3) is 0.571. The number of hydrogen-bond donors (Lipinski definition) is 1. The molecule has 8 nitrogen and oxygen atoms in total. The number of oxime groups is 1. The first kappa shape index (κ1) is 20.9. The zero-order valence-electron chi connectivity index (χ0n) is 14.0.